The van der Waals surface area contributed by atoms with Gasteiger partial charge < -0.3 is 15.4 Å². The van der Waals surface area contributed by atoms with Gasteiger partial charge in [-0.25, -0.2) is 9.37 Å². The number of nitrogens with zero attached hydrogens (tertiary/aromatic N) is 1. The highest BCUT2D eigenvalue weighted by atomic mass is 35.5. The largest absolute Gasteiger partial charge is 0.439 e. The summed E-state index contributed by atoms with van der Waals surface area (Å²) in [4.78, 5) is 28.2. The van der Waals surface area contributed by atoms with Gasteiger partial charge in [-0.1, -0.05) is 35.3 Å². The zero-order valence-corrected chi connectivity index (χ0v) is 17.0. The molecule has 0 atom stereocenters. The van der Waals surface area contributed by atoms with E-state index < -0.39 is 11.7 Å². The number of ether oxygens (including phenoxy) is 1. The summed E-state index contributed by atoms with van der Waals surface area (Å²) in [6.07, 6.45) is 1.53. The van der Waals surface area contributed by atoms with E-state index in [2.05, 4.69) is 15.6 Å². The van der Waals surface area contributed by atoms with Crippen molar-refractivity contribution in [3.8, 4) is 11.6 Å². The summed E-state index contributed by atoms with van der Waals surface area (Å²) >= 11 is 11.8. The van der Waals surface area contributed by atoms with Gasteiger partial charge in [0.25, 0.3) is 5.91 Å². The molecule has 2 N–H and O–H groups in total. The van der Waals surface area contributed by atoms with Gasteiger partial charge in [0.2, 0.25) is 11.8 Å². The van der Waals surface area contributed by atoms with Crippen LogP contribution in [0.3, 0.4) is 0 Å². The third kappa shape index (κ3) is 6.17. The lowest BCUT2D eigenvalue weighted by Crippen LogP contribution is -2.36. The Labute approximate surface area is 182 Å². The second-order valence-corrected chi connectivity index (χ2v) is 6.99. The monoisotopic (exact) mass is 447 g/mol. The summed E-state index contributed by atoms with van der Waals surface area (Å²) in [6, 6.07) is 13.5. The van der Waals surface area contributed by atoms with Gasteiger partial charge in [-0.3, -0.25) is 9.59 Å². The lowest BCUT2D eigenvalue weighted by molar-refractivity contribution is -0.120. The quantitative estimate of drug-likeness (QED) is 0.563. The summed E-state index contributed by atoms with van der Waals surface area (Å²) in [6.45, 7) is -0.00433. The van der Waals surface area contributed by atoms with Crippen LogP contribution < -0.4 is 15.4 Å². The Kier molecular flexibility index (Phi) is 7.21. The summed E-state index contributed by atoms with van der Waals surface area (Å²) in [5.74, 6) is -0.638. The zero-order chi connectivity index (χ0) is 21.5. The highest BCUT2D eigenvalue weighted by Gasteiger charge is 2.12. The van der Waals surface area contributed by atoms with Gasteiger partial charge in [-0.2, -0.15) is 0 Å². The lowest BCUT2D eigenvalue weighted by atomic mass is 10.2. The van der Waals surface area contributed by atoms with Crippen molar-refractivity contribution in [1.82, 2.24) is 15.6 Å². The van der Waals surface area contributed by atoms with Crippen LogP contribution in [0.15, 0.2) is 60.8 Å². The van der Waals surface area contributed by atoms with Crippen molar-refractivity contribution in [2.75, 3.05) is 6.54 Å². The molecular weight excluding hydrogens is 432 g/mol. The van der Waals surface area contributed by atoms with Gasteiger partial charge in [0.05, 0.1) is 17.1 Å². The number of rotatable bonds is 7. The minimum atomic E-state index is -0.479. The van der Waals surface area contributed by atoms with Crippen molar-refractivity contribution in [3.05, 3.63) is 87.8 Å². The second kappa shape index (κ2) is 10.0. The Hall–Kier alpha value is -3.16. The van der Waals surface area contributed by atoms with Crippen molar-refractivity contribution < 1.29 is 18.7 Å². The molecule has 6 nitrogen and oxygen atoms in total. The van der Waals surface area contributed by atoms with Crippen molar-refractivity contribution >= 4 is 35.0 Å². The number of benzene rings is 2. The molecule has 0 spiro atoms. The van der Waals surface area contributed by atoms with Gasteiger partial charge in [0.1, 0.15) is 11.6 Å². The minimum Gasteiger partial charge on any atom is -0.439 e. The molecule has 1 heterocycles. The number of halogens is 3. The first-order chi connectivity index (χ1) is 14.4. The maximum atomic E-state index is 13.2. The summed E-state index contributed by atoms with van der Waals surface area (Å²) < 4.78 is 18.6. The van der Waals surface area contributed by atoms with Crippen LogP contribution in [0, 0.1) is 5.82 Å². The normalized spacial score (nSPS) is 10.4. The van der Waals surface area contributed by atoms with Crippen molar-refractivity contribution in [2.24, 2.45) is 0 Å². The van der Waals surface area contributed by atoms with E-state index in [-0.39, 0.29) is 29.6 Å². The van der Waals surface area contributed by atoms with Crippen LogP contribution in [0.5, 0.6) is 11.6 Å². The fourth-order valence-electron chi connectivity index (χ4n) is 2.42. The molecule has 0 aliphatic heterocycles. The fraction of sp³-hybridized carbons (Fsp3) is 0.0952. The first-order valence-corrected chi connectivity index (χ1v) is 9.54. The van der Waals surface area contributed by atoms with E-state index in [0.29, 0.717) is 16.7 Å². The molecule has 0 fully saturated rings. The van der Waals surface area contributed by atoms with E-state index in [9.17, 15) is 14.0 Å². The third-order valence-electron chi connectivity index (χ3n) is 3.89. The SMILES string of the molecule is O=C(CNC(=O)c1ccc(Cl)cc1Cl)NCc1ccc(Oc2cccc(F)c2)nc1. The first kappa shape index (κ1) is 21.5. The molecule has 30 heavy (non-hydrogen) atoms. The first-order valence-electron chi connectivity index (χ1n) is 8.79. The minimum absolute atomic E-state index is 0.201. The van der Waals surface area contributed by atoms with E-state index in [4.69, 9.17) is 27.9 Å². The molecule has 154 valence electrons. The molecular formula is C21H16Cl2FN3O3. The van der Waals surface area contributed by atoms with Crippen molar-refractivity contribution in [3.63, 3.8) is 0 Å². The summed E-state index contributed by atoms with van der Waals surface area (Å²) in [5, 5.41) is 5.77. The Morgan fingerprint density at radius 3 is 2.57 bits per heavy atom. The Balaban J connectivity index is 1.45. The number of amides is 2. The Bertz CT molecular complexity index is 1060. The molecule has 9 heteroatoms. The van der Waals surface area contributed by atoms with E-state index in [0.717, 1.165) is 5.56 Å². The standard InChI is InChI=1S/C21H16Cl2FN3O3/c22-14-5-6-17(18(23)8-14)21(29)27-12-19(28)25-10-13-4-7-20(26-11-13)30-16-3-1-2-15(24)9-16/h1-9,11H,10,12H2,(H,25,28)(H,27,29). The van der Waals surface area contributed by atoms with Crippen LogP contribution in [-0.2, 0) is 11.3 Å². The van der Waals surface area contributed by atoms with Crippen LogP contribution in [-0.4, -0.2) is 23.3 Å². The molecule has 0 saturated carbocycles. The predicted octanol–water partition coefficient (Wildman–Crippen LogP) is 4.37. The number of carbonyl (C=O) groups excluding carboxylic acids is 2. The highest BCUT2D eigenvalue weighted by molar-refractivity contribution is 6.36. The van der Waals surface area contributed by atoms with Crippen LogP contribution in [0.1, 0.15) is 15.9 Å². The molecule has 1 aromatic heterocycles. The third-order valence-corrected chi connectivity index (χ3v) is 4.44. The maximum absolute atomic E-state index is 13.2. The van der Waals surface area contributed by atoms with Crippen LogP contribution in [0.4, 0.5) is 4.39 Å². The Morgan fingerprint density at radius 2 is 1.87 bits per heavy atom. The van der Waals surface area contributed by atoms with Crippen LogP contribution in [0.2, 0.25) is 10.0 Å². The van der Waals surface area contributed by atoms with Gasteiger partial charge in [-0.15, -0.1) is 0 Å². The average molecular weight is 448 g/mol. The van der Waals surface area contributed by atoms with Gasteiger partial charge in [-0.05, 0) is 35.9 Å². The Morgan fingerprint density at radius 1 is 1.03 bits per heavy atom. The van der Waals surface area contributed by atoms with E-state index in [1.54, 1.807) is 18.2 Å². The number of hydrogen-bond donors (Lipinski definition) is 2. The van der Waals surface area contributed by atoms with Crippen molar-refractivity contribution in [2.45, 2.75) is 6.54 Å². The summed E-state index contributed by atoms with van der Waals surface area (Å²) in [5.41, 5.74) is 0.953. The molecule has 3 aromatic rings. The smallest absolute Gasteiger partial charge is 0.253 e. The molecule has 0 unspecified atom stereocenters. The van der Waals surface area contributed by atoms with E-state index >= 15 is 0 Å². The molecule has 0 aliphatic carbocycles. The molecule has 2 amide bonds. The van der Waals surface area contributed by atoms with Gasteiger partial charge in [0.15, 0.2) is 0 Å². The van der Waals surface area contributed by atoms with E-state index in [1.165, 1.54) is 42.6 Å². The topological polar surface area (TPSA) is 80.3 Å². The number of pyridine rings is 1. The zero-order valence-electron chi connectivity index (χ0n) is 15.5. The van der Waals surface area contributed by atoms with Crippen molar-refractivity contribution in [1.29, 1.82) is 0 Å². The molecule has 0 bridgehead atoms. The molecule has 3 rings (SSSR count). The van der Waals surface area contributed by atoms with Gasteiger partial charge in [0, 0.05) is 29.9 Å². The van der Waals surface area contributed by atoms with Gasteiger partial charge >= 0.3 is 0 Å². The molecule has 0 aliphatic rings. The number of aromatic nitrogens is 1. The molecule has 2 aromatic carbocycles. The molecule has 0 radical (unpaired) electrons. The average Bonchev–Trinajstić information content (AvgIpc) is 2.71. The van der Waals surface area contributed by atoms with Crippen LogP contribution >= 0.6 is 23.2 Å². The number of hydrogen-bond acceptors (Lipinski definition) is 4. The van der Waals surface area contributed by atoms with Crippen LogP contribution in [0.25, 0.3) is 0 Å². The van der Waals surface area contributed by atoms with E-state index in [1.807, 2.05) is 0 Å². The lowest BCUT2D eigenvalue weighted by Gasteiger charge is -2.09. The summed E-state index contributed by atoms with van der Waals surface area (Å²) in [7, 11) is 0. The fourth-order valence-corrected chi connectivity index (χ4v) is 2.91. The highest BCUT2D eigenvalue weighted by Crippen LogP contribution is 2.21. The number of nitrogens with one attached hydrogen (secondary N) is 2. The number of carbonyl (C=O) groups is 2. The second-order valence-electron chi connectivity index (χ2n) is 6.15. The maximum Gasteiger partial charge on any atom is 0.253 e. The molecule has 0 saturated heterocycles. The predicted molar refractivity (Wildman–Crippen MR) is 111 cm³/mol.